The summed E-state index contributed by atoms with van der Waals surface area (Å²) in [5.41, 5.74) is 6.03. The van der Waals surface area contributed by atoms with E-state index in [1.54, 1.807) is 30.3 Å². The van der Waals surface area contributed by atoms with Gasteiger partial charge < -0.3 is 31.1 Å². The molecule has 0 fully saturated rings. The number of nitrogens with two attached hydrogens (primary N) is 1. The molecule has 31 heavy (non-hydrogen) atoms. The van der Waals surface area contributed by atoms with Gasteiger partial charge in [-0.2, -0.15) is 0 Å². The summed E-state index contributed by atoms with van der Waals surface area (Å²) >= 11 is 4.79. The molecule has 1 aromatic rings. The van der Waals surface area contributed by atoms with Crippen molar-refractivity contribution in [3.05, 3.63) is 35.9 Å². The lowest BCUT2D eigenvalue weighted by Crippen LogP contribution is -2.44. The first kappa shape index (κ1) is 25.7. The second kappa shape index (κ2) is 13.1. The molecule has 1 rings (SSSR count). The number of thiocarbonyl (C=S) groups is 1. The Morgan fingerprint density at radius 2 is 1.35 bits per heavy atom. The smallest absolute Gasteiger partial charge is 0.322 e. The van der Waals surface area contributed by atoms with Crippen molar-refractivity contribution >= 4 is 41.2 Å². The van der Waals surface area contributed by atoms with Gasteiger partial charge in [0, 0.05) is 18.7 Å². The molecule has 0 aliphatic rings. The third kappa shape index (κ3) is 11.5. The van der Waals surface area contributed by atoms with E-state index < -0.39 is 56.3 Å². The quantitative estimate of drug-likeness (QED) is 0.130. The van der Waals surface area contributed by atoms with E-state index in [0.29, 0.717) is 5.56 Å². The van der Waals surface area contributed by atoms with Crippen LogP contribution in [0.5, 0.6) is 0 Å². The number of nitrogens with one attached hydrogen (secondary N) is 1. The summed E-state index contributed by atoms with van der Waals surface area (Å²) in [6.07, 6.45) is -0.992. The van der Waals surface area contributed by atoms with Crippen molar-refractivity contribution in [2.45, 2.75) is 6.23 Å². The summed E-state index contributed by atoms with van der Waals surface area (Å²) in [4.78, 5) is 47.6. The van der Waals surface area contributed by atoms with Crippen molar-refractivity contribution in [1.82, 2.24) is 15.1 Å². The molecule has 0 aliphatic carbocycles. The first-order valence-corrected chi connectivity index (χ1v) is 9.38. The Hall–Kier alpha value is -3.29. The second-order valence-electron chi connectivity index (χ2n) is 6.39. The number of ether oxygens (including phenoxy) is 1. The molecule has 1 unspecified atom stereocenters. The molecule has 170 valence electrons. The molecule has 0 aromatic heterocycles. The fourth-order valence-electron chi connectivity index (χ4n) is 2.57. The van der Waals surface area contributed by atoms with Gasteiger partial charge in [0.15, 0.2) is 5.11 Å². The molecule has 0 saturated heterocycles. The molecule has 0 saturated carbocycles. The van der Waals surface area contributed by atoms with Gasteiger partial charge in [0.05, 0.1) is 26.2 Å². The van der Waals surface area contributed by atoms with Crippen LogP contribution in [-0.2, 0) is 23.9 Å². The highest BCUT2D eigenvalue weighted by molar-refractivity contribution is 7.80. The molecule has 0 bridgehead atoms. The predicted molar refractivity (Wildman–Crippen MR) is 111 cm³/mol. The van der Waals surface area contributed by atoms with Crippen LogP contribution < -0.4 is 11.1 Å². The SMILES string of the molecule is NC(=S)NC(OC(=O)CN(CCN(CC(=O)O)CC(=O)O)CC(=O)O)c1ccccc1. The van der Waals surface area contributed by atoms with Gasteiger partial charge in [0.1, 0.15) is 0 Å². The van der Waals surface area contributed by atoms with Crippen LogP contribution >= 0.6 is 12.2 Å². The van der Waals surface area contributed by atoms with Gasteiger partial charge >= 0.3 is 23.9 Å². The predicted octanol–water partition coefficient (Wildman–Crippen LogP) is -1.08. The minimum absolute atomic E-state index is 0.0826. The zero-order valence-electron chi connectivity index (χ0n) is 16.5. The Morgan fingerprint density at radius 1 is 0.903 bits per heavy atom. The van der Waals surface area contributed by atoms with Gasteiger partial charge in [-0.15, -0.1) is 0 Å². The summed E-state index contributed by atoms with van der Waals surface area (Å²) in [7, 11) is 0. The van der Waals surface area contributed by atoms with Gasteiger partial charge in [-0.1, -0.05) is 30.3 Å². The zero-order valence-corrected chi connectivity index (χ0v) is 17.3. The third-order valence-corrected chi connectivity index (χ3v) is 3.90. The number of carboxylic acids is 3. The summed E-state index contributed by atoms with van der Waals surface area (Å²) < 4.78 is 5.34. The van der Waals surface area contributed by atoms with Crippen LogP contribution in [0.3, 0.4) is 0 Å². The zero-order chi connectivity index (χ0) is 23.4. The number of rotatable bonds is 14. The van der Waals surface area contributed by atoms with Crippen molar-refractivity contribution in [2.24, 2.45) is 5.73 Å². The number of hydrogen-bond acceptors (Lipinski definition) is 8. The van der Waals surface area contributed by atoms with Crippen LogP contribution in [0, 0.1) is 0 Å². The first-order valence-electron chi connectivity index (χ1n) is 8.97. The number of benzene rings is 1. The molecule has 0 aliphatic heterocycles. The molecule has 12 nitrogen and oxygen atoms in total. The molecule has 6 N–H and O–H groups in total. The first-order chi connectivity index (χ1) is 14.6. The average Bonchev–Trinajstić information content (AvgIpc) is 2.64. The van der Waals surface area contributed by atoms with Crippen molar-refractivity contribution in [2.75, 3.05) is 39.3 Å². The van der Waals surface area contributed by atoms with Crippen LogP contribution in [0.15, 0.2) is 30.3 Å². The average molecular weight is 456 g/mol. The molecular weight excluding hydrogens is 432 g/mol. The normalized spacial score (nSPS) is 11.7. The Morgan fingerprint density at radius 3 is 1.77 bits per heavy atom. The summed E-state index contributed by atoms with van der Waals surface area (Å²) in [6.45, 7) is -2.26. The Kier molecular flexibility index (Phi) is 10.9. The second-order valence-corrected chi connectivity index (χ2v) is 6.83. The third-order valence-electron chi connectivity index (χ3n) is 3.79. The highest BCUT2D eigenvalue weighted by Crippen LogP contribution is 2.14. The number of nitrogens with zero attached hydrogens (tertiary/aromatic N) is 2. The molecule has 0 amide bonds. The topological polar surface area (TPSA) is 183 Å². The lowest BCUT2D eigenvalue weighted by atomic mass is 10.2. The maximum absolute atomic E-state index is 12.4. The lowest BCUT2D eigenvalue weighted by Gasteiger charge is -2.25. The van der Waals surface area contributed by atoms with Crippen molar-refractivity contribution in [1.29, 1.82) is 0 Å². The van der Waals surface area contributed by atoms with Crippen LogP contribution in [0.25, 0.3) is 0 Å². The van der Waals surface area contributed by atoms with Gasteiger partial charge in [-0.05, 0) is 12.2 Å². The highest BCUT2D eigenvalue weighted by Gasteiger charge is 2.22. The van der Waals surface area contributed by atoms with E-state index in [-0.39, 0.29) is 18.2 Å². The van der Waals surface area contributed by atoms with Crippen LogP contribution in [0.1, 0.15) is 11.8 Å². The fourth-order valence-corrected chi connectivity index (χ4v) is 2.68. The monoisotopic (exact) mass is 456 g/mol. The number of carbonyl (C=O) groups excluding carboxylic acids is 1. The fraction of sp³-hybridized carbons (Fsp3) is 0.389. The maximum Gasteiger partial charge on any atom is 0.322 e. The van der Waals surface area contributed by atoms with Crippen LogP contribution in [0.2, 0.25) is 0 Å². The highest BCUT2D eigenvalue weighted by atomic mass is 32.1. The van der Waals surface area contributed by atoms with E-state index in [0.717, 1.165) is 4.90 Å². The number of carbonyl (C=O) groups is 4. The lowest BCUT2D eigenvalue weighted by molar-refractivity contribution is -0.153. The van der Waals surface area contributed by atoms with E-state index in [1.807, 2.05) is 0 Å². The van der Waals surface area contributed by atoms with Crippen molar-refractivity contribution in [3.63, 3.8) is 0 Å². The summed E-state index contributed by atoms with van der Waals surface area (Å²) in [5, 5.41) is 29.4. The molecule has 1 aromatic carbocycles. The Labute approximate surface area is 183 Å². The Balaban J connectivity index is 2.80. The van der Waals surface area contributed by atoms with Gasteiger partial charge in [0.2, 0.25) is 6.23 Å². The van der Waals surface area contributed by atoms with Crippen molar-refractivity contribution < 1.29 is 39.2 Å². The molecule has 1 atom stereocenters. The number of aliphatic carboxylic acids is 3. The van der Waals surface area contributed by atoms with Gasteiger partial charge in [-0.25, -0.2) is 0 Å². The van der Waals surface area contributed by atoms with E-state index in [9.17, 15) is 19.2 Å². The molecule has 0 heterocycles. The van der Waals surface area contributed by atoms with Gasteiger partial charge in [-0.3, -0.25) is 29.0 Å². The molecule has 0 spiro atoms. The van der Waals surface area contributed by atoms with E-state index >= 15 is 0 Å². The molecule has 0 radical (unpaired) electrons. The number of carboxylic acid groups (broad SMARTS) is 3. The number of hydrogen-bond donors (Lipinski definition) is 5. The van der Waals surface area contributed by atoms with Crippen molar-refractivity contribution in [3.8, 4) is 0 Å². The van der Waals surface area contributed by atoms with Gasteiger partial charge in [0.25, 0.3) is 0 Å². The minimum atomic E-state index is -1.24. The molecular formula is C18H24N4O8S. The maximum atomic E-state index is 12.4. The van der Waals surface area contributed by atoms with Crippen LogP contribution in [-0.4, -0.2) is 93.4 Å². The van der Waals surface area contributed by atoms with E-state index in [4.69, 9.17) is 38.0 Å². The van der Waals surface area contributed by atoms with E-state index in [1.165, 1.54) is 4.90 Å². The molecule has 13 heteroatoms. The Bertz CT molecular complexity index is 776. The minimum Gasteiger partial charge on any atom is -0.480 e. The standard InChI is InChI=1S/C18H24N4O8S/c19-18(31)20-17(12-4-2-1-3-5-12)30-16(29)11-22(10-15(27)28)7-6-21(8-13(23)24)9-14(25)26/h1-5,17H,6-11H2,(H,23,24)(H,25,26)(H,27,28)(H3,19,20,31). The summed E-state index contributed by atoms with van der Waals surface area (Å²) in [6, 6.07) is 8.54. The van der Waals surface area contributed by atoms with E-state index in [2.05, 4.69) is 5.32 Å². The van der Waals surface area contributed by atoms with Crippen LogP contribution in [0.4, 0.5) is 0 Å². The number of esters is 1. The largest absolute Gasteiger partial charge is 0.480 e. The summed E-state index contributed by atoms with van der Waals surface area (Å²) in [5.74, 6) is -4.49.